The molecule has 0 radical (unpaired) electrons. The maximum atomic E-state index is 5.56. The molecule has 0 unspecified atom stereocenters. The Kier molecular flexibility index (Phi) is 8.32. The number of nitrogens with two attached hydrogens (primary N) is 1. The zero-order valence-electron chi connectivity index (χ0n) is 16.2. The summed E-state index contributed by atoms with van der Waals surface area (Å²) >= 11 is 0. The summed E-state index contributed by atoms with van der Waals surface area (Å²) in [7, 11) is 0. The van der Waals surface area contributed by atoms with Crippen LogP contribution in [0.5, 0.6) is 0 Å². The van der Waals surface area contributed by atoms with Gasteiger partial charge in [0.15, 0.2) is 0 Å². The van der Waals surface area contributed by atoms with Crippen LogP contribution in [0.4, 0.5) is 17.8 Å². The number of hydrogen-bond acceptors (Lipinski definition) is 9. The number of ether oxygens (including phenoxy) is 2. The summed E-state index contributed by atoms with van der Waals surface area (Å²) in [5.41, 5.74) is 5.38. The van der Waals surface area contributed by atoms with E-state index in [2.05, 4.69) is 25.1 Å². The summed E-state index contributed by atoms with van der Waals surface area (Å²) in [6.07, 6.45) is 6.10. The van der Waals surface area contributed by atoms with E-state index >= 15 is 0 Å². The van der Waals surface area contributed by atoms with Crippen LogP contribution in [0.2, 0.25) is 0 Å². The van der Waals surface area contributed by atoms with Gasteiger partial charge in [-0.25, -0.2) is 0 Å². The van der Waals surface area contributed by atoms with Crippen molar-refractivity contribution in [3.05, 3.63) is 0 Å². The van der Waals surface area contributed by atoms with Crippen molar-refractivity contribution in [2.45, 2.75) is 32.1 Å². The third kappa shape index (κ3) is 6.44. The summed E-state index contributed by atoms with van der Waals surface area (Å²) in [6, 6.07) is 0. The average molecular weight is 380 g/mol. The number of aromatic nitrogens is 3. The van der Waals surface area contributed by atoms with Crippen molar-refractivity contribution in [1.29, 1.82) is 0 Å². The van der Waals surface area contributed by atoms with Crippen LogP contribution in [0, 0.1) is 0 Å². The van der Waals surface area contributed by atoms with Gasteiger partial charge < -0.3 is 30.3 Å². The fraction of sp³-hybridized carbons (Fsp3) is 0.833. The van der Waals surface area contributed by atoms with E-state index in [1.165, 1.54) is 32.1 Å². The van der Waals surface area contributed by atoms with Gasteiger partial charge in [0, 0.05) is 39.3 Å². The van der Waals surface area contributed by atoms with E-state index in [9.17, 15) is 0 Å². The summed E-state index contributed by atoms with van der Waals surface area (Å²) in [6.45, 7) is 7.57. The van der Waals surface area contributed by atoms with Gasteiger partial charge in [-0.05, 0) is 32.1 Å². The lowest BCUT2D eigenvalue weighted by atomic mass is 10.1. The number of rotatable bonds is 11. The first-order valence-electron chi connectivity index (χ1n) is 10.2. The molecule has 2 fully saturated rings. The van der Waals surface area contributed by atoms with Gasteiger partial charge in [-0.15, -0.1) is 0 Å². The van der Waals surface area contributed by atoms with E-state index in [-0.39, 0.29) is 0 Å². The third-order valence-electron chi connectivity index (χ3n) is 4.80. The zero-order chi connectivity index (χ0) is 18.7. The molecule has 0 saturated carbocycles. The molecule has 0 spiro atoms. The van der Waals surface area contributed by atoms with Gasteiger partial charge in [-0.3, -0.25) is 0 Å². The Morgan fingerprint density at radius 3 is 1.89 bits per heavy atom. The van der Waals surface area contributed by atoms with E-state index in [1.54, 1.807) is 0 Å². The second kappa shape index (κ2) is 11.2. The smallest absolute Gasteiger partial charge is 0.231 e. The molecule has 0 atom stereocenters. The molecule has 0 aliphatic carbocycles. The molecule has 27 heavy (non-hydrogen) atoms. The van der Waals surface area contributed by atoms with Crippen LogP contribution in [0.15, 0.2) is 0 Å². The predicted octanol–water partition coefficient (Wildman–Crippen LogP) is 0.866. The minimum absolute atomic E-state index is 0.541. The molecule has 0 aromatic carbocycles. The first kappa shape index (κ1) is 20.0. The summed E-state index contributed by atoms with van der Waals surface area (Å²) in [4.78, 5) is 18.6. The predicted molar refractivity (Wildman–Crippen MR) is 107 cm³/mol. The monoisotopic (exact) mass is 379 g/mol. The van der Waals surface area contributed by atoms with Crippen LogP contribution in [0.25, 0.3) is 0 Å². The quantitative estimate of drug-likeness (QED) is 0.542. The Labute approximate surface area is 161 Å². The summed E-state index contributed by atoms with van der Waals surface area (Å²) in [5.74, 6) is 2.22. The lowest BCUT2D eigenvalue weighted by molar-refractivity contribution is 0.0547. The van der Waals surface area contributed by atoms with Gasteiger partial charge in [-0.2, -0.15) is 15.0 Å². The van der Waals surface area contributed by atoms with Crippen LogP contribution in [-0.4, -0.2) is 80.6 Å². The van der Waals surface area contributed by atoms with Crippen LogP contribution in [0.3, 0.4) is 0 Å². The SMILES string of the molecule is NCCOCCOCCNc1nc(N2CCCCC2)nc(N2CCCC2)n1. The molecule has 2 aliphatic heterocycles. The first-order chi connectivity index (χ1) is 13.4. The molecular weight excluding hydrogens is 346 g/mol. The summed E-state index contributed by atoms with van der Waals surface area (Å²) < 4.78 is 10.8. The number of nitrogens with one attached hydrogen (secondary N) is 1. The lowest BCUT2D eigenvalue weighted by Crippen LogP contribution is -2.32. The molecule has 9 nitrogen and oxygen atoms in total. The number of anilines is 3. The Bertz CT molecular complexity index is 549. The topological polar surface area (TPSA) is 102 Å². The van der Waals surface area contributed by atoms with Crippen molar-refractivity contribution in [2.75, 3.05) is 80.8 Å². The molecule has 2 saturated heterocycles. The second-order valence-electron chi connectivity index (χ2n) is 6.94. The van der Waals surface area contributed by atoms with Crippen LogP contribution in [0.1, 0.15) is 32.1 Å². The van der Waals surface area contributed by atoms with Gasteiger partial charge in [0.2, 0.25) is 17.8 Å². The normalized spacial score (nSPS) is 17.5. The third-order valence-corrected chi connectivity index (χ3v) is 4.80. The van der Waals surface area contributed by atoms with Crippen molar-refractivity contribution < 1.29 is 9.47 Å². The number of hydrogen-bond donors (Lipinski definition) is 2. The largest absolute Gasteiger partial charge is 0.378 e. The van der Waals surface area contributed by atoms with Gasteiger partial charge in [0.25, 0.3) is 0 Å². The maximum Gasteiger partial charge on any atom is 0.231 e. The van der Waals surface area contributed by atoms with Crippen molar-refractivity contribution >= 4 is 17.8 Å². The molecule has 0 bridgehead atoms. The molecule has 3 heterocycles. The fourth-order valence-corrected chi connectivity index (χ4v) is 3.37. The Balaban J connectivity index is 1.53. The van der Waals surface area contributed by atoms with Gasteiger partial charge >= 0.3 is 0 Å². The molecule has 3 N–H and O–H groups in total. The van der Waals surface area contributed by atoms with Crippen molar-refractivity contribution in [3.8, 4) is 0 Å². The van der Waals surface area contributed by atoms with Gasteiger partial charge in [0.1, 0.15) is 0 Å². The molecule has 152 valence electrons. The lowest BCUT2D eigenvalue weighted by Gasteiger charge is -2.27. The highest BCUT2D eigenvalue weighted by molar-refractivity contribution is 5.45. The minimum atomic E-state index is 0.541. The number of piperidine rings is 1. The Morgan fingerprint density at radius 1 is 0.741 bits per heavy atom. The molecule has 3 rings (SSSR count). The van der Waals surface area contributed by atoms with Crippen LogP contribution in [-0.2, 0) is 9.47 Å². The van der Waals surface area contributed by atoms with Gasteiger partial charge in [-0.1, -0.05) is 0 Å². The first-order valence-corrected chi connectivity index (χ1v) is 10.2. The van der Waals surface area contributed by atoms with E-state index in [0.29, 0.717) is 45.5 Å². The van der Waals surface area contributed by atoms with E-state index in [1.807, 2.05) is 0 Å². The zero-order valence-corrected chi connectivity index (χ0v) is 16.2. The fourth-order valence-electron chi connectivity index (χ4n) is 3.37. The van der Waals surface area contributed by atoms with Crippen molar-refractivity contribution in [3.63, 3.8) is 0 Å². The molecule has 1 aromatic heterocycles. The van der Waals surface area contributed by atoms with Crippen LogP contribution >= 0.6 is 0 Å². The van der Waals surface area contributed by atoms with E-state index < -0.39 is 0 Å². The molecular formula is C18H33N7O2. The molecule has 9 heteroatoms. The summed E-state index contributed by atoms with van der Waals surface area (Å²) in [5, 5.41) is 3.29. The Hall–Kier alpha value is -1.71. The Morgan fingerprint density at radius 2 is 1.30 bits per heavy atom. The van der Waals surface area contributed by atoms with E-state index in [4.69, 9.17) is 20.2 Å². The average Bonchev–Trinajstić information content (AvgIpc) is 3.25. The minimum Gasteiger partial charge on any atom is -0.378 e. The second-order valence-corrected chi connectivity index (χ2v) is 6.94. The van der Waals surface area contributed by atoms with Crippen LogP contribution < -0.4 is 20.9 Å². The molecule has 2 aliphatic rings. The maximum absolute atomic E-state index is 5.56. The van der Waals surface area contributed by atoms with Crippen molar-refractivity contribution in [1.82, 2.24) is 15.0 Å². The number of nitrogens with zero attached hydrogens (tertiary/aromatic N) is 5. The highest BCUT2D eigenvalue weighted by Crippen LogP contribution is 2.22. The van der Waals surface area contributed by atoms with E-state index in [0.717, 1.165) is 38.1 Å². The van der Waals surface area contributed by atoms with Gasteiger partial charge in [0.05, 0.1) is 26.4 Å². The molecule has 1 aromatic rings. The highest BCUT2D eigenvalue weighted by Gasteiger charge is 2.20. The molecule has 0 amide bonds. The highest BCUT2D eigenvalue weighted by atomic mass is 16.5. The van der Waals surface area contributed by atoms with Crippen molar-refractivity contribution in [2.24, 2.45) is 5.73 Å². The standard InChI is InChI=1S/C18H33N7O2/c19-6-12-26-14-15-27-13-7-20-16-21-17(24-8-2-1-3-9-24)23-18(22-16)25-10-4-5-11-25/h1-15,19H2,(H,20,21,22,23).